The molecule has 1 amide bonds. The van der Waals surface area contributed by atoms with E-state index in [1.807, 2.05) is 31.2 Å². The second-order valence-electron chi connectivity index (χ2n) is 4.87. The van der Waals surface area contributed by atoms with Gasteiger partial charge in [0.15, 0.2) is 6.61 Å². The van der Waals surface area contributed by atoms with E-state index in [1.165, 1.54) is 0 Å². The molecule has 2 rings (SSSR count). The summed E-state index contributed by atoms with van der Waals surface area (Å²) in [5, 5.41) is 12.4. The van der Waals surface area contributed by atoms with Gasteiger partial charge in [0.25, 0.3) is 5.91 Å². The maximum Gasteiger partial charge on any atom is 0.258 e. The number of carbonyl (C=O) groups is 1. The van der Waals surface area contributed by atoms with Gasteiger partial charge in [-0.2, -0.15) is 0 Å². The number of hydrogen-bond donors (Lipinski definition) is 2. The second kappa shape index (κ2) is 6.95. The predicted molar refractivity (Wildman–Crippen MR) is 78.1 cm³/mol. The first-order chi connectivity index (χ1) is 10.0. The zero-order chi connectivity index (χ0) is 15.2. The lowest BCUT2D eigenvalue weighted by atomic mass is 10.2. The Hall–Kier alpha value is -2.27. The molecule has 0 spiro atoms. The maximum atomic E-state index is 11.6. The molecule has 2 N–H and O–H groups in total. The third-order valence-corrected chi connectivity index (χ3v) is 2.97. The Morgan fingerprint density at radius 2 is 1.95 bits per heavy atom. The van der Waals surface area contributed by atoms with Crippen molar-refractivity contribution in [1.29, 1.82) is 0 Å². The van der Waals surface area contributed by atoms with Crippen LogP contribution in [0.5, 0.6) is 5.75 Å². The Morgan fingerprint density at radius 3 is 2.57 bits per heavy atom. The van der Waals surface area contributed by atoms with Gasteiger partial charge in [0.1, 0.15) is 23.4 Å². The van der Waals surface area contributed by atoms with Gasteiger partial charge < -0.3 is 19.6 Å². The number of aliphatic hydroxyl groups is 1. The normalized spacial score (nSPS) is 12.0. The Kier molecular flexibility index (Phi) is 5.00. The number of amides is 1. The zero-order valence-electron chi connectivity index (χ0n) is 12.1. The van der Waals surface area contributed by atoms with Gasteiger partial charge in [-0.1, -0.05) is 17.7 Å². The molecule has 0 bridgehead atoms. The number of aliphatic hydroxyl groups excluding tert-OH is 1. The average molecular weight is 289 g/mol. The lowest BCUT2D eigenvalue weighted by Gasteiger charge is -2.10. The molecule has 2 aromatic rings. The van der Waals surface area contributed by atoms with Gasteiger partial charge in [-0.25, -0.2) is 0 Å². The standard InChI is InChI=1S/C16H19NO4/c1-11-3-6-13(7-4-11)20-10-16(19)17-9-14(18)15-8-5-12(2)21-15/h3-8,14,18H,9-10H2,1-2H3,(H,17,19). The van der Waals surface area contributed by atoms with Crippen molar-refractivity contribution in [1.82, 2.24) is 5.32 Å². The molecule has 0 aliphatic heterocycles. The summed E-state index contributed by atoms with van der Waals surface area (Å²) in [6.45, 7) is 3.77. The minimum atomic E-state index is -0.859. The lowest BCUT2D eigenvalue weighted by molar-refractivity contribution is -0.123. The summed E-state index contributed by atoms with van der Waals surface area (Å²) in [5.74, 6) is 1.50. The molecule has 0 aliphatic carbocycles. The molecule has 1 atom stereocenters. The summed E-state index contributed by atoms with van der Waals surface area (Å²) < 4.78 is 10.6. The molecule has 1 heterocycles. The average Bonchev–Trinajstić information content (AvgIpc) is 2.91. The summed E-state index contributed by atoms with van der Waals surface area (Å²) in [5.41, 5.74) is 1.13. The number of hydrogen-bond acceptors (Lipinski definition) is 4. The van der Waals surface area contributed by atoms with Crippen molar-refractivity contribution in [3.8, 4) is 5.75 Å². The first-order valence-corrected chi connectivity index (χ1v) is 6.75. The highest BCUT2D eigenvalue weighted by atomic mass is 16.5. The van der Waals surface area contributed by atoms with Gasteiger partial charge in [0, 0.05) is 0 Å². The zero-order valence-corrected chi connectivity index (χ0v) is 12.1. The van der Waals surface area contributed by atoms with E-state index < -0.39 is 6.10 Å². The first kappa shape index (κ1) is 15.1. The fourth-order valence-electron chi connectivity index (χ4n) is 1.78. The van der Waals surface area contributed by atoms with E-state index in [9.17, 15) is 9.90 Å². The molecule has 5 heteroatoms. The molecular formula is C16H19NO4. The second-order valence-corrected chi connectivity index (χ2v) is 4.87. The minimum absolute atomic E-state index is 0.0864. The molecule has 0 fully saturated rings. The number of nitrogens with one attached hydrogen (secondary N) is 1. The molecule has 1 aromatic heterocycles. The van der Waals surface area contributed by atoms with Crippen LogP contribution in [0.4, 0.5) is 0 Å². The Labute approximate surface area is 123 Å². The van der Waals surface area contributed by atoms with Crippen LogP contribution < -0.4 is 10.1 Å². The summed E-state index contributed by atoms with van der Waals surface area (Å²) in [6.07, 6.45) is -0.859. The van der Waals surface area contributed by atoms with Gasteiger partial charge in [-0.3, -0.25) is 4.79 Å². The molecule has 112 valence electrons. The lowest BCUT2D eigenvalue weighted by Crippen LogP contribution is -2.32. The number of rotatable bonds is 6. The minimum Gasteiger partial charge on any atom is -0.484 e. The molecular weight excluding hydrogens is 270 g/mol. The number of ether oxygens (including phenoxy) is 1. The highest BCUT2D eigenvalue weighted by Gasteiger charge is 2.13. The van der Waals surface area contributed by atoms with Crippen LogP contribution in [0.3, 0.4) is 0 Å². The Morgan fingerprint density at radius 1 is 1.24 bits per heavy atom. The molecule has 5 nitrogen and oxygen atoms in total. The molecule has 1 unspecified atom stereocenters. The third kappa shape index (κ3) is 4.65. The first-order valence-electron chi connectivity index (χ1n) is 6.75. The van der Waals surface area contributed by atoms with E-state index >= 15 is 0 Å². The SMILES string of the molecule is Cc1ccc(OCC(=O)NCC(O)c2ccc(C)o2)cc1. The van der Waals surface area contributed by atoms with Gasteiger partial charge in [-0.15, -0.1) is 0 Å². The van der Waals surface area contributed by atoms with E-state index in [0.717, 1.165) is 11.3 Å². The smallest absolute Gasteiger partial charge is 0.258 e. The van der Waals surface area contributed by atoms with E-state index in [4.69, 9.17) is 9.15 Å². The van der Waals surface area contributed by atoms with Gasteiger partial charge in [0.05, 0.1) is 6.54 Å². The van der Waals surface area contributed by atoms with Crippen molar-refractivity contribution in [2.75, 3.05) is 13.2 Å². The maximum absolute atomic E-state index is 11.6. The van der Waals surface area contributed by atoms with Crippen molar-refractivity contribution in [2.45, 2.75) is 20.0 Å². The number of carbonyl (C=O) groups excluding carboxylic acids is 1. The molecule has 1 aromatic carbocycles. The molecule has 0 aliphatic rings. The Balaban J connectivity index is 1.73. The van der Waals surface area contributed by atoms with Crippen LogP contribution >= 0.6 is 0 Å². The number of aryl methyl sites for hydroxylation is 2. The summed E-state index contributed by atoms with van der Waals surface area (Å²) in [7, 11) is 0. The van der Waals surface area contributed by atoms with Crippen LogP contribution in [0.1, 0.15) is 23.2 Å². The molecule has 0 radical (unpaired) electrons. The van der Waals surface area contributed by atoms with Crippen LogP contribution in [-0.4, -0.2) is 24.2 Å². The number of furan rings is 1. The van der Waals surface area contributed by atoms with Crippen LogP contribution in [-0.2, 0) is 4.79 Å². The van der Waals surface area contributed by atoms with Gasteiger partial charge in [-0.05, 0) is 38.1 Å². The van der Waals surface area contributed by atoms with E-state index in [0.29, 0.717) is 11.5 Å². The summed E-state index contributed by atoms with van der Waals surface area (Å²) in [4.78, 5) is 11.6. The van der Waals surface area contributed by atoms with Crippen molar-refractivity contribution < 1.29 is 19.1 Å². The van der Waals surface area contributed by atoms with Crippen molar-refractivity contribution >= 4 is 5.91 Å². The molecule has 21 heavy (non-hydrogen) atoms. The monoisotopic (exact) mass is 289 g/mol. The van der Waals surface area contributed by atoms with E-state index in [1.54, 1.807) is 19.1 Å². The van der Waals surface area contributed by atoms with Crippen molar-refractivity contribution in [3.63, 3.8) is 0 Å². The molecule has 0 saturated heterocycles. The van der Waals surface area contributed by atoms with Crippen LogP contribution in [0.2, 0.25) is 0 Å². The fraction of sp³-hybridized carbons (Fsp3) is 0.312. The largest absolute Gasteiger partial charge is 0.484 e. The highest BCUT2D eigenvalue weighted by molar-refractivity contribution is 5.77. The van der Waals surface area contributed by atoms with Crippen LogP contribution in [0.15, 0.2) is 40.8 Å². The topological polar surface area (TPSA) is 71.7 Å². The van der Waals surface area contributed by atoms with Gasteiger partial charge in [0.2, 0.25) is 0 Å². The van der Waals surface area contributed by atoms with E-state index in [-0.39, 0.29) is 19.1 Å². The van der Waals surface area contributed by atoms with Crippen molar-refractivity contribution in [2.24, 2.45) is 0 Å². The Bertz CT molecular complexity index is 589. The third-order valence-electron chi connectivity index (χ3n) is 2.97. The van der Waals surface area contributed by atoms with Gasteiger partial charge >= 0.3 is 0 Å². The fourth-order valence-corrected chi connectivity index (χ4v) is 1.78. The summed E-state index contributed by atoms with van der Waals surface area (Å²) in [6, 6.07) is 10.9. The van der Waals surface area contributed by atoms with Crippen LogP contribution in [0, 0.1) is 13.8 Å². The summed E-state index contributed by atoms with van der Waals surface area (Å²) >= 11 is 0. The molecule has 0 saturated carbocycles. The van der Waals surface area contributed by atoms with E-state index in [2.05, 4.69) is 5.32 Å². The quantitative estimate of drug-likeness (QED) is 0.854. The predicted octanol–water partition coefficient (Wildman–Crippen LogP) is 2.13. The number of benzene rings is 1. The van der Waals surface area contributed by atoms with Crippen LogP contribution in [0.25, 0.3) is 0 Å². The van der Waals surface area contributed by atoms with Crippen molar-refractivity contribution in [3.05, 3.63) is 53.5 Å². The highest BCUT2D eigenvalue weighted by Crippen LogP contribution is 2.15.